The van der Waals surface area contributed by atoms with Crippen LogP contribution in [0.4, 0.5) is 0 Å². The highest BCUT2D eigenvalue weighted by atomic mass is 16.2. The minimum Gasteiger partial charge on any atom is -0.342 e. The zero-order valence-corrected chi connectivity index (χ0v) is 13.6. The fraction of sp³-hybridized carbons (Fsp3) is 0.941. The van der Waals surface area contributed by atoms with Crippen LogP contribution < -0.4 is 0 Å². The molecule has 0 unspecified atom stereocenters. The molecular formula is C17H31N3O. The van der Waals surface area contributed by atoms with E-state index in [2.05, 4.69) is 21.6 Å². The predicted molar refractivity (Wildman–Crippen MR) is 85.2 cm³/mol. The molecule has 3 heterocycles. The van der Waals surface area contributed by atoms with Gasteiger partial charge in [0.05, 0.1) is 0 Å². The average molecular weight is 293 g/mol. The van der Waals surface area contributed by atoms with Crippen LogP contribution in [0.25, 0.3) is 0 Å². The second kappa shape index (κ2) is 7.10. The Morgan fingerprint density at radius 3 is 2.48 bits per heavy atom. The van der Waals surface area contributed by atoms with Crippen LogP contribution in [-0.4, -0.2) is 72.5 Å². The van der Waals surface area contributed by atoms with Gasteiger partial charge in [-0.1, -0.05) is 13.3 Å². The summed E-state index contributed by atoms with van der Waals surface area (Å²) in [5.74, 6) is 1.07. The number of rotatable bonds is 4. The Labute approximate surface area is 129 Å². The van der Waals surface area contributed by atoms with Crippen LogP contribution in [0.5, 0.6) is 0 Å². The lowest BCUT2D eigenvalue weighted by Gasteiger charge is -2.47. The van der Waals surface area contributed by atoms with Crippen LogP contribution in [0, 0.1) is 5.92 Å². The van der Waals surface area contributed by atoms with E-state index in [0.717, 1.165) is 32.1 Å². The maximum Gasteiger partial charge on any atom is 0.223 e. The predicted octanol–water partition coefficient (Wildman–Crippen LogP) is 1.81. The van der Waals surface area contributed by atoms with Gasteiger partial charge in [0.15, 0.2) is 0 Å². The lowest BCUT2D eigenvalue weighted by atomic mass is 10.00. The van der Waals surface area contributed by atoms with Gasteiger partial charge in [-0.05, 0) is 44.7 Å². The van der Waals surface area contributed by atoms with Crippen LogP contribution in [0.15, 0.2) is 0 Å². The molecule has 3 saturated heterocycles. The molecule has 0 radical (unpaired) electrons. The van der Waals surface area contributed by atoms with Crippen molar-refractivity contribution < 1.29 is 4.79 Å². The summed E-state index contributed by atoms with van der Waals surface area (Å²) in [6, 6.07) is 0.774. The van der Waals surface area contributed by atoms with Gasteiger partial charge in [-0.2, -0.15) is 0 Å². The highest BCUT2D eigenvalue weighted by Gasteiger charge is 2.32. The first-order valence-electron chi connectivity index (χ1n) is 8.96. The fourth-order valence-corrected chi connectivity index (χ4v) is 4.07. The summed E-state index contributed by atoms with van der Waals surface area (Å²) >= 11 is 0. The zero-order chi connectivity index (χ0) is 14.7. The molecule has 3 aliphatic heterocycles. The third kappa shape index (κ3) is 3.98. The van der Waals surface area contributed by atoms with Gasteiger partial charge in [-0.15, -0.1) is 0 Å². The van der Waals surface area contributed by atoms with Crippen molar-refractivity contribution in [2.45, 2.75) is 51.5 Å². The van der Waals surface area contributed by atoms with Crippen LogP contribution in [0.1, 0.15) is 45.4 Å². The monoisotopic (exact) mass is 293 g/mol. The van der Waals surface area contributed by atoms with Gasteiger partial charge in [0.2, 0.25) is 5.91 Å². The minimum atomic E-state index is 0.378. The van der Waals surface area contributed by atoms with Gasteiger partial charge in [0, 0.05) is 45.2 Å². The Hall–Kier alpha value is -0.610. The molecule has 0 spiro atoms. The molecule has 3 aliphatic rings. The van der Waals surface area contributed by atoms with E-state index in [1.54, 1.807) is 0 Å². The first kappa shape index (κ1) is 15.3. The summed E-state index contributed by atoms with van der Waals surface area (Å²) in [5, 5.41) is 0. The maximum atomic E-state index is 12.3. The molecule has 3 fully saturated rings. The molecule has 1 atom stereocenters. The first-order valence-corrected chi connectivity index (χ1v) is 8.96. The molecule has 120 valence electrons. The maximum absolute atomic E-state index is 12.3. The molecule has 21 heavy (non-hydrogen) atoms. The molecule has 4 heteroatoms. The SMILES string of the molecule is C[C@@H]1CCCN(C(=O)CCN2CC(N3CCCCC3)C2)C1. The van der Waals surface area contributed by atoms with Crippen LogP contribution in [0.2, 0.25) is 0 Å². The van der Waals surface area contributed by atoms with E-state index in [9.17, 15) is 4.79 Å². The normalized spacial score (nSPS) is 29.4. The van der Waals surface area contributed by atoms with Crippen LogP contribution >= 0.6 is 0 Å². The number of likely N-dealkylation sites (tertiary alicyclic amines) is 3. The molecule has 0 aromatic carbocycles. The van der Waals surface area contributed by atoms with Crippen molar-refractivity contribution in [3.8, 4) is 0 Å². The van der Waals surface area contributed by atoms with Crippen molar-refractivity contribution in [1.82, 2.24) is 14.7 Å². The molecule has 0 N–H and O–H groups in total. The molecule has 0 aromatic heterocycles. The quantitative estimate of drug-likeness (QED) is 0.791. The molecule has 4 nitrogen and oxygen atoms in total. The van der Waals surface area contributed by atoms with E-state index in [1.165, 1.54) is 58.3 Å². The highest BCUT2D eigenvalue weighted by Crippen LogP contribution is 2.21. The lowest BCUT2D eigenvalue weighted by Crippen LogP contribution is -2.60. The second-order valence-corrected chi connectivity index (χ2v) is 7.35. The topological polar surface area (TPSA) is 26.8 Å². The number of carbonyl (C=O) groups excluding carboxylic acids is 1. The number of piperidine rings is 2. The van der Waals surface area contributed by atoms with E-state index in [0.29, 0.717) is 11.8 Å². The summed E-state index contributed by atoms with van der Waals surface area (Å²) in [6.07, 6.45) is 7.36. The third-order valence-electron chi connectivity index (χ3n) is 5.50. The van der Waals surface area contributed by atoms with E-state index in [1.807, 2.05) is 0 Å². The molecule has 3 rings (SSSR count). The Bertz CT molecular complexity index is 348. The Morgan fingerprint density at radius 1 is 1.00 bits per heavy atom. The minimum absolute atomic E-state index is 0.378. The van der Waals surface area contributed by atoms with Gasteiger partial charge >= 0.3 is 0 Å². The number of hydrogen-bond donors (Lipinski definition) is 0. The Morgan fingerprint density at radius 2 is 1.76 bits per heavy atom. The Kier molecular flexibility index (Phi) is 5.17. The summed E-state index contributed by atoms with van der Waals surface area (Å²) in [6.45, 7) is 10.2. The van der Waals surface area contributed by atoms with Crippen molar-refractivity contribution >= 4 is 5.91 Å². The molecule has 1 amide bonds. The molecule has 0 bridgehead atoms. The number of nitrogens with zero attached hydrogens (tertiary/aromatic N) is 3. The van der Waals surface area contributed by atoms with Gasteiger partial charge in [0.1, 0.15) is 0 Å². The molecule has 0 saturated carbocycles. The molecule has 0 aromatic rings. The van der Waals surface area contributed by atoms with Crippen molar-refractivity contribution in [3.05, 3.63) is 0 Å². The van der Waals surface area contributed by atoms with Crippen molar-refractivity contribution in [3.63, 3.8) is 0 Å². The Balaban J connectivity index is 1.32. The molecular weight excluding hydrogens is 262 g/mol. The standard InChI is InChI=1S/C17H31N3O/c1-15-6-5-10-20(12-15)17(21)7-11-18-13-16(14-18)19-8-3-2-4-9-19/h15-16H,2-14H2,1H3/t15-/m1/s1. The number of hydrogen-bond acceptors (Lipinski definition) is 3. The van der Waals surface area contributed by atoms with Gasteiger partial charge < -0.3 is 4.90 Å². The average Bonchev–Trinajstić information content (AvgIpc) is 2.46. The third-order valence-corrected chi connectivity index (χ3v) is 5.50. The number of amides is 1. The van der Waals surface area contributed by atoms with Crippen LogP contribution in [-0.2, 0) is 4.79 Å². The first-order chi connectivity index (χ1) is 10.2. The second-order valence-electron chi connectivity index (χ2n) is 7.35. The van der Waals surface area contributed by atoms with E-state index >= 15 is 0 Å². The molecule has 0 aliphatic carbocycles. The van der Waals surface area contributed by atoms with Crippen molar-refractivity contribution in [1.29, 1.82) is 0 Å². The van der Waals surface area contributed by atoms with Crippen molar-refractivity contribution in [2.75, 3.05) is 45.8 Å². The van der Waals surface area contributed by atoms with E-state index in [-0.39, 0.29) is 0 Å². The summed E-state index contributed by atoms with van der Waals surface area (Å²) in [4.78, 5) is 19.5. The van der Waals surface area contributed by atoms with Gasteiger partial charge in [-0.25, -0.2) is 0 Å². The summed E-state index contributed by atoms with van der Waals surface area (Å²) in [5.41, 5.74) is 0. The summed E-state index contributed by atoms with van der Waals surface area (Å²) < 4.78 is 0. The number of carbonyl (C=O) groups is 1. The summed E-state index contributed by atoms with van der Waals surface area (Å²) in [7, 11) is 0. The van der Waals surface area contributed by atoms with Gasteiger partial charge in [0.25, 0.3) is 0 Å². The van der Waals surface area contributed by atoms with E-state index in [4.69, 9.17) is 0 Å². The zero-order valence-electron chi connectivity index (χ0n) is 13.6. The van der Waals surface area contributed by atoms with Crippen molar-refractivity contribution in [2.24, 2.45) is 5.92 Å². The fourth-order valence-electron chi connectivity index (χ4n) is 4.07. The van der Waals surface area contributed by atoms with Gasteiger partial charge in [-0.3, -0.25) is 14.6 Å². The largest absolute Gasteiger partial charge is 0.342 e. The van der Waals surface area contributed by atoms with E-state index < -0.39 is 0 Å². The highest BCUT2D eigenvalue weighted by molar-refractivity contribution is 5.76. The van der Waals surface area contributed by atoms with Crippen LogP contribution in [0.3, 0.4) is 0 Å². The smallest absolute Gasteiger partial charge is 0.223 e. The lowest BCUT2D eigenvalue weighted by molar-refractivity contribution is -0.133.